The van der Waals surface area contributed by atoms with Crippen molar-refractivity contribution >= 4 is 44.8 Å². The maximum Gasteiger partial charge on any atom is 0.232 e. The van der Waals surface area contributed by atoms with Crippen molar-refractivity contribution in [2.75, 3.05) is 16.8 Å². The second kappa shape index (κ2) is 7.98. The Labute approximate surface area is 164 Å². The van der Waals surface area contributed by atoms with Crippen molar-refractivity contribution in [3.63, 3.8) is 0 Å². The number of carbonyl (C=O) groups is 2. The molecule has 3 aromatic rings. The number of benzene rings is 1. The predicted octanol–water partition coefficient (Wildman–Crippen LogP) is 3.50. The smallest absolute Gasteiger partial charge is 0.232 e. The minimum absolute atomic E-state index is 0.106. The Balaban J connectivity index is 1.33. The zero-order valence-electron chi connectivity index (χ0n) is 14.6. The first-order chi connectivity index (χ1) is 13.2. The molecule has 3 heterocycles. The molecule has 4 rings (SSSR count). The summed E-state index contributed by atoms with van der Waals surface area (Å²) in [5.74, 6) is -0.0470. The number of rotatable bonds is 6. The van der Waals surface area contributed by atoms with Crippen LogP contribution in [0.5, 0.6) is 0 Å². The molecule has 0 unspecified atom stereocenters. The van der Waals surface area contributed by atoms with Crippen molar-refractivity contribution in [1.29, 1.82) is 0 Å². The number of aromatic nitrogens is 2. The van der Waals surface area contributed by atoms with Gasteiger partial charge in [0.25, 0.3) is 0 Å². The van der Waals surface area contributed by atoms with E-state index in [2.05, 4.69) is 27.4 Å². The van der Waals surface area contributed by atoms with Crippen molar-refractivity contribution in [1.82, 2.24) is 9.97 Å². The number of hydrogen-bond acceptors (Lipinski definition) is 6. The van der Waals surface area contributed by atoms with Gasteiger partial charge in [0, 0.05) is 35.8 Å². The van der Waals surface area contributed by atoms with Gasteiger partial charge in [-0.3, -0.25) is 14.5 Å². The first kappa shape index (κ1) is 17.8. The summed E-state index contributed by atoms with van der Waals surface area (Å²) in [5, 5.41) is 5.95. The average Bonchev–Trinajstić information content (AvgIpc) is 3.38. The Kier molecular flexibility index (Phi) is 5.26. The van der Waals surface area contributed by atoms with Crippen molar-refractivity contribution in [2.24, 2.45) is 0 Å². The molecule has 0 saturated carbocycles. The average molecular weight is 399 g/mol. The second-order valence-electron chi connectivity index (χ2n) is 6.29. The molecule has 1 N–H and O–H groups in total. The van der Waals surface area contributed by atoms with Gasteiger partial charge in [-0.05, 0) is 12.0 Å². The van der Waals surface area contributed by atoms with E-state index >= 15 is 0 Å². The van der Waals surface area contributed by atoms with Crippen LogP contribution in [-0.2, 0) is 22.4 Å². The van der Waals surface area contributed by atoms with Gasteiger partial charge in [-0.2, -0.15) is 0 Å². The molecular formula is C19H18N4O2S2. The molecule has 0 atom stereocenters. The van der Waals surface area contributed by atoms with Crippen molar-refractivity contribution in [3.05, 3.63) is 58.0 Å². The minimum Gasteiger partial charge on any atom is -0.302 e. The Morgan fingerprint density at radius 1 is 1.26 bits per heavy atom. The molecule has 1 saturated heterocycles. The van der Waals surface area contributed by atoms with Crippen LogP contribution < -0.4 is 10.2 Å². The number of thiazole rings is 2. The van der Waals surface area contributed by atoms with E-state index in [1.165, 1.54) is 28.2 Å². The van der Waals surface area contributed by atoms with Gasteiger partial charge in [0.05, 0.1) is 12.1 Å². The minimum atomic E-state index is -0.153. The number of nitrogens with zero attached hydrogens (tertiary/aromatic N) is 3. The van der Waals surface area contributed by atoms with E-state index in [0.717, 1.165) is 17.7 Å². The number of anilines is 2. The summed E-state index contributed by atoms with van der Waals surface area (Å²) >= 11 is 2.88. The molecule has 2 aromatic heterocycles. The zero-order valence-corrected chi connectivity index (χ0v) is 16.2. The summed E-state index contributed by atoms with van der Waals surface area (Å²) in [5.41, 5.74) is 1.89. The third-order valence-electron chi connectivity index (χ3n) is 4.21. The van der Waals surface area contributed by atoms with Crippen molar-refractivity contribution in [3.8, 4) is 0 Å². The van der Waals surface area contributed by atoms with Crippen LogP contribution in [0.1, 0.15) is 29.0 Å². The van der Waals surface area contributed by atoms with Crippen LogP contribution in [0.15, 0.2) is 41.9 Å². The van der Waals surface area contributed by atoms with Crippen LogP contribution >= 0.6 is 22.7 Å². The first-order valence-electron chi connectivity index (χ1n) is 8.70. The molecule has 0 aliphatic carbocycles. The normalized spacial score (nSPS) is 13.9. The van der Waals surface area contributed by atoms with E-state index in [1.807, 2.05) is 23.6 Å². The van der Waals surface area contributed by atoms with Crippen LogP contribution in [-0.4, -0.2) is 28.3 Å². The van der Waals surface area contributed by atoms with Gasteiger partial charge in [-0.15, -0.1) is 22.7 Å². The van der Waals surface area contributed by atoms with Crippen LogP contribution in [0.4, 0.5) is 10.3 Å². The third kappa shape index (κ3) is 4.40. The molecule has 2 amide bonds. The molecule has 8 heteroatoms. The molecule has 27 heavy (non-hydrogen) atoms. The molecule has 138 valence electrons. The molecule has 1 aliphatic heterocycles. The number of nitrogens with one attached hydrogen (secondary N) is 1. The third-order valence-corrected chi connectivity index (χ3v) is 6.03. The topological polar surface area (TPSA) is 75.2 Å². The standard InChI is InChI=1S/C19H18N4O2S2/c24-16(10-14-12-26-19(21-14)23-8-4-7-17(23)25)22-18-20-11-15(27-18)9-13-5-2-1-3-6-13/h1-3,5-6,11-12H,4,7-10H2,(H,20,22,24). The van der Waals surface area contributed by atoms with Gasteiger partial charge in [0.15, 0.2) is 10.3 Å². The number of carbonyl (C=O) groups excluding carboxylic acids is 2. The molecule has 1 fully saturated rings. The zero-order chi connectivity index (χ0) is 18.6. The second-order valence-corrected chi connectivity index (χ2v) is 8.24. The fraction of sp³-hybridized carbons (Fsp3) is 0.263. The monoisotopic (exact) mass is 398 g/mol. The molecule has 0 bridgehead atoms. The van der Waals surface area contributed by atoms with Crippen LogP contribution in [0.2, 0.25) is 0 Å². The van der Waals surface area contributed by atoms with E-state index in [0.29, 0.717) is 28.9 Å². The summed E-state index contributed by atoms with van der Waals surface area (Å²) in [6.07, 6.45) is 4.21. The van der Waals surface area contributed by atoms with E-state index < -0.39 is 0 Å². The lowest BCUT2D eigenvalue weighted by atomic mass is 10.1. The van der Waals surface area contributed by atoms with Crippen molar-refractivity contribution in [2.45, 2.75) is 25.7 Å². The highest BCUT2D eigenvalue weighted by Gasteiger charge is 2.24. The molecular weight excluding hydrogens is 380 g/mol. The predicted molar refractivity (Wildman–Crippen MR) is 107 cm³/mol. The van der Waals surface area contributed by atoms with E-state index in [9.17, 15) is 9.59 Å². The van der Waals surface area contributed by atoms with Gasteiger partial charge in [-0.25, -0.2) is 9.97 Å². The summed E-state index contributed by atoms with van der Waals surface area (Å²) in [6.45, 7) is 0.710. The number of amides is 2. The van der Waals surface area contributed by atoms with E-state index in [-0.39, 0.29) is 18.2 Å². The van der Waals surface area contributed by atoms with E-state index in [4.69, 9.17) is 0 Å². The Hall–Kier alpha value is -2.58. The lowest BCUT2D eigenvalue weighted by Crippen LogP contribution is -2.23. The summed E-state index contributed by atoms with van der Waals surface area (Å²) in [4.78, 5) is 35.6. The maximum atomic E-state index is 12.3. The largest absolute Gasteiger partial charge is 0.302 e. The van der Waals surface area contributed by atoms with Gasteiger partial charge >= 0.3 is 0 Å². The molecule has 0 spiro atoms. The van der Waals surface area contributed by atoms with Gasteiger partial charge < -0.3 is 5.32 Å². The lowest BCUT2D eigenvalue weighted by Gasteiger charge is -2.10. The SMILES string of the molecule is O=C(Cc1csc(N2CCCC2=O)n1)Nc1ncc(Cc2ccccc2)s1. The highest BCUT2D eigenvalue weighted by Crippen LogP contribution is 2.26. The van der Waals surface area contributed by atoms with Gasteiger partial charge in [0.2, 0.25) is 11.8 Å². The fourth-order valence-corrected chi connectivity index (χ4v) is 4.65. The lowest BCUT2D eigenvalue weighted by molar-refractivity contribution is -0.117. The summed E-state index contributed by atoms with van der Waals surface area (Å²) in [6, 6.07) is 10.2. The Bertz CT molecular complexity index is 952. The summed E-state index contributed by atoms with van der Waals surface area (Å²) in [7, 11) is 0. The number of hydrogen-bond donors (Lipinski definition) is 1. The molecule has 1 aliphatic rings. The van der Waals surface area contributed by atoms with Gasteiger partial charge in [0.1, 0.15) is 0 Å². The molecule has 1 aromatic carbocycles. The van der Waals surface area contributed by atoms with Crippen LogP contribution in [0, 0.1) is 0 Å². The highest BCUT2D eigenvalue weighted by atomic mass is 32.1. The molecule has 6 nitrogen and oxygen atoms in total. The van der Waals surface area contributed by atoms with Crippen molar-refractivity contribution < 1.29 is 9.59 Å². The Morgan fingerprint density at radius 2 is 2.11 bits per heavy atom. The Morgan fingerprint density at radius 3 is 2.89 bits per heavy atom. The first-order valence-corrected chi connectivity index (χ1v) is 10.4. The fourth-order valence-electron chi connectivity index (χ4n) is 2.92. The van der Waals surface area contributed by atoms with E-state index in [1.54, 1.807) is 11.1 Å². The summed E-state index contributed by atoms with van der Waals surface area (Å²) < 4.78 is 0. The van der Waals surface area contributed by atoms with Crippen LogP contribution in [0.3, 0.4) is 0 Å². The highest BCUT2D eigenvalue weighted by molar-refractivity contribution is 7.15. The van der Waals surface area contributed by atoms with Gasteiger partial charge in [-0.1, -0.05) is 30.3 Å². The van der Waals surface area contributed by atoms with Crippen LogP contribution in [0.25, 0.3) is 0 Å². The molecule has 0 radical (unpaired) electrons. The maximum absolute atomic E-state index is 12.3. The quantitative estimate of drug-likeness (QED) is 0.690.